The van der Waals surface area contributed by atoms with Crippen LogP contribution in [0.3, 0.4) is 0 Å². The van der Waals surface area contributed by atoms with Crippen molar-refractivity contribution in [1.82, 2.24) is 15.1 Å². The largest absolute Gasteiger partial charge is 0.451 e. The highest BCUT2D eigenvalue weighted by Crippen LogP contribution is 2.14. The lowest BCUT2D eigenvalue weighted by Crippen LogP contribution is -2.46. The Bertz CT molecular complexity index is 543. The van der Waals surface area contributed by atoms with Gasteiger partial charge in [0.15, 0.2) is 6.10 Å². The Hall–Kier alpha value is -2.05. The Morgan fingerprint density at radius 3 is 2.38 bits per heavy atom. The Balaban J connectivity index is 2.61. The lowest BCUT2D eigenvalue weighted by molar-refractivity contribution is -0.156. The summed E-state index contributed by atoms with van der Waals surface area (Å²) in [5.41, 5.74) is 7.35. The lowest BCUT2D eigenvalue weighted by atomic mass is 10.1. The molecule has 0 aliphatic carbocycles. The van der Waals surface area contributed by atoms with E-state index in [9.17, 15) is 9.59 Å². The molecule has 0 fully saturated rings. The summed E-state index contributed by atoms with van der Waals surface area (Å²) in [4.78, 5) is 23.7. The average molecular weight is 296 g/mol. The maximum atomic E-state index is 11.9. The van der Waals surface area contributed by atoms with Crippen molar-refractivity contribution in [3.05, 3.63) is 11.4 Å². The molecule has 1 heterocycles. The minimum absolute atomic E-state index is 0.0724. The van der Waals surface area contributed by atoms with Gasteiger partial charge in [-0.3, -0.25) is 14.3 Å². The van der Waals surface area contributed by atoms with Crippen molar-refractivity contribution < 1.29 is 14.3 Å². The molecule has 1 unspecified atom stereocenters. The van der Waals surface area contributed by atoms with Gasteiger partial charge in [0.1, 0.15) is 6.54 Å². The van der Waals surface area contributed by atoms with Gasteiger partial charge in [0.25, 0.3) is 5.91 Å². The van der Waals surface area contributed by atoms with Crippen LogP contribution in [-0.4, -0.2) is 33.3 Å². The van der Waals surface area contributed by atoms with E-state index in [1.165, 1.54) is 11.6 Å². The van der Waals surface area contributed by atoms with Crippen molar-refractivity contribution in [2.75, 3.05) is 5.73 Å². The fraction of sp³-hybridized carbons (Fsp3) is 0.643. The molecule has 0 aliphatic heterocycles. The van der Waals surface area contributed by atoms with Crippen LogP contribution in [0, 0.1) is 13.8 Å². The van der Waals surface area contributed by atoms with E-state index in [1.54, 1.807) is 13.8 Å². The second-order valence-electron chi connectivity index (χ2n) is 6.11. The number of nitrogens with zero attached hydrogens (tertiary/aromatic N) is 2. The number of carbonyl (C=O) groups excluding carboxylic acids is 2. The van der Waals surface area contributed by atoms with Crippen molar-refractivity contribution >= 4 is 17.6 Å². The van der Waals surface area contributed by atoms with Gasteiger partial charge in [0.2, 0.25) is 0 Å². The summed E-state index contributed by atoms with van der Waals surface area (Å²) in [5, 5.41) is 6.91. The fourth-order valence-electron chi connectivity index (χ4n) is 1.75. The number of hydrogen-bond donors (Lipinski definition) is 2. The molecule has 7 nitrogen and oxygen atoms in total. The first kappa shape index (κ1) is 17.0. The highest BCUT2D eigenvalue weighted by atomic mass is 16.5. The van der Waals surface area contributed by atoms with E-state index in [0.717, 1.165) is 0 Å². The van der Waals surface area contributed by atoms with Crippen LogP contribution in [0.5, 0.6) is 0 Å². The van der Waals surface area contributed by atoms with Crippen LogP contribution in [0.25, 0.3) is 0 Å². The number of carbonyl (C=O) groups is 2. The summed E-state index contributed by atoms with van der Waals surface area (Å²) < 4.78 is 6.59. The van der Waals surface area contributed by atoms with E-state index < -0.39 is 12.1 Å². The summed E-state index contributed by atoms with van der Waals surface area (Å²) in [6, 6.07) is 0. The van der Waals surface area contributed by atoms with E-state index >= 15 is 0 Å². The minimum atomic E-state index is -0.856. The second kappa shape index (κ2) is 6.15. The van der Waals surface area contributed by atoms with Gasteiger partial charge >= 0.3 is 5.97 Å². The number of amides is 1. The molecule has 7 heteroatoms. The van der Waals surface area contributed by atoms with Crippen LogP contribution in [0.4, 0.5) is 5.69 Å². The number of rotatable bonds is 4. The molecule has 1 aromatic rings. The predicted octanol–water partition coefficient (Wildman–Crippen LogP) is 0.929. The monoisotopic (exact) mass is 296 g/mol. The highest BCUT2D eigenvalue weighted by Gasteiger charge is 2.23. The van der Waals surface area contributed by atoms with Crippen LogP contribution < -0.4 is 11.1 Å². The third-order valence-electron chi connectivity index (χ3n) is 2.89. The molecule has 0 aromatic carbocycles. The number of nitrogens with two attached hydrogens (primary N) is 1. The molecule has 1 amide bonds. The normalized spacial score (nSPS) is 12.9. The summed E-state index contributed by atoms with van der Waals surface area (Å²) in [5.74, 6) is -0.860. The predicted molar refractivity (Wildman–Crippen MR) is 79.6 cm³/mol. The van der Waals surface area contributed by atoms with Gasteiger partial charge in [-0.2, -0.15) is 5.10 Å². The molecule has 0 bridgehead atoms. The van der Waals surface area contributed by atoms with Crippen LogP contribution in [0.1, 0.15) is 39.1 Å². The topological polar surface area (TPSA) is 99.2 Å². The first-order chi connectivity index (χ1) is 9.51. The van der Waals surface area contributed by atoms with Gasteiger partial charge in [0.05, 0.1) is 17.1 Å². The van der Waals surface area contributed by atoms with Crippen LogP contribution in [0.2, 0.25) is 0 Å². The van der Waals surface area contributed by atoms with Gasteiger partial charge in [-0.15, -0.1) is 0 Å². The zero-order valence-electron chi connectivity index (χ0n) is 13.5. The Kier molecular flexibility index (Phi) is 4.98. The van der Waals surface area contributed by atoms with Crippen molar-refractivity contribution in [3.8, 4) is 0 Å². The second-order valence-corrected chi connectivity index (χ2v) is 6.11. The number of anilines is 1. The zero-order valence-corrected chi connectivity index (χ0v) is 13.5. The molecular weight excluding hydrogens is 272 g/mol. The summed E-state index contributed by atoms with van der Waals surface area (Å²) in [6.45, 7) is 10.6. The third-order valence-corrected chi connectivity index (χ3v) is 2.89. The van der Waals surface area contributed by atoms with Gasteiger partial charge in [-0.1, -0.05) is 0 Å². The van der Waals surface area contributed by atoms with Crippen LogP contribution in [-0.2, 0) is 20.9 Å². The van der Waals surface area contributed by atoms with E-state index in [-0.39, 0.29) is 18.0 Å². The summed E-state index contributed by atoms with van der Waals surface area (Å²) in [7, 11) is 0. The molecular formula is C14H24N4O3. The molecule has 0 aliphatic rings. The van der Waals surface area contributed by atoms with E-state index in [0.29, 0.717) is 17.1 Å². The maximum absolute atomic E-state index is 11.9. The van der Waals surface area contributed by atoms with Crippen molar-refractivity contribution in [3.63, 3.8) is 0 Å². The SMILES string of the molecule is Cc1nn(CC(=O)OC(C)C(=O)NC(C)(C)C)c(C)c1N. The molecule has 21 heavy (non-hydrogen) atoms. The Labute approximate surface area is 124 Å². The summed E-state index contributed by atoms with van der Waals surface area (Å²) in [6.07, 6.45) is -0.856. The Morgan fingerprint density at radius 1 is 1.38 bits per heavy atom. The number of nitrogen functional groups attached to an aromatic ring is 1. The molecule has 0 saturated heterocycles. The number of nitrogens with one attached hydrogen (secondary N) is 1. The van der Waals surface area contributed by atoms with Gasteiger partial charge in [-0.25, -0.2) is 0 Å². The highest BCUT2D eigenvalue weighted by molar-refractivity contribution is 5.83. The first-order valence-corrected chi connectivity index (χ1v) is 6.82. The van der Waals surface area contributed by atoms with Gasteiger partial charge < -0.3 is 15.8 Å². The quantitative estimate of drug-likeness (QED) is 0.805. The molecule has 0 saturated carbocycles. The van der Waals surface area contributed by atoms with Crippen molar-refractivity contribution in [1.29, 1.82) is 0 Å². The molecule has 3 N–H and O–H groups in total. The van der Waals surface area contributed by atoms with E-state index in [1.807, 2.05) is 20.8 Å². The molecule has 0 radical (unpaired) electrons. The molecule has 1 rings (SSSR count). The smallest absolute Gasteiger partial charge is 0.328 e. The molecule has 0 spiro atoms. The van der Waals surface area contributed by atoms with Crippen molar-refractivity contribution in [2.45, 2.75) is 59.7 Å². The average Bonchev–Trinajstić information content (AvgIpc) is 2.54. The molecule has 118 valence electrons. The number of hydrogen-bond acceptors (Lipinski definition) is 5. The number of aryl methyl sites for hydroxylation is 1. The molecule has 1 atom stereocenters. The standard InChI is InChI=1S/C14H24N4O3/c1-8-12(15)9(2)18(17-8)7-11(19)21-10(3)13(20)16-14(4,5)6/h10H,7,15H2,1-6H3,(H,16,20). The van der Waals surface area contributed by atoms with Crippen molar-refractivity contribution in [2.24, 2.45) is 0 Å². The van der Waals surface area contributed by atoms with E-state index in [4.69, 9.17) is 10.5 Å². The third kappa shape index (κ3) is 4.77. The van der Waals surface area contributed by atoms with Gasteiger partial charge in [-0.05, 0) is 41.5 Å². The van der Waals surface area contributed by atoms with Crippen LogP contribution >= 0.6 is 0 Å². The molecule has 1 aromatic heterocycles. The first-order valence-electron chi connectivity index (χ1n) is 6.82. The Morgan fingerprint density at radius 2 is 1.95 bits per heavy atom. The maximum Gasteiger partial charge on any atom is 0.328 e. The number of esters is 1. The van der Waals surface area contributed by atoms with E-state index in [2.05, 4.69) is 10.4 Å². The zero-order chi connectivity index (χ0) is 16.4. The lowest BCUT2D eigenvalue weighted by Gasteiger charge is -2.23. The fourth-order valence-corrected chi connectivity index (χ4v) is 1.75. The van der Waals surface area contributed by atoms with Gasteiger partial charge in [0, 0.05) is 5.54 Å². The number of ether oxygens (including phenoxy) is 1. The summed E-state index contributed by atoms with van der Waals surface area (Å²) >= 11 is 0. The number of aromatic nitrogens is 2. The van der Waals surface area contributed by atoms with Crippen LogP contribution in [0.15, 0.2) is 0 Å². The minimum Gasteiger partial charge on any atom is -0.451 e.